The number of rotatable bonds is 2. The van der Waals surface area contributed by atoms with E-state index in [9.17, 15) is 4.79 Å². The zero-order chi connectivity index (χ0) is 10.1. The molecule has 2 rings (SSSR count). The molecule has 0 radical (unpaired) electrons. The second-order valence-corrected chi connectivity index (χ2v) is 5.47. The molecule has 0 bridgehead atoms. The van der Waals surface area contributed by atoms with Crippen LogP contribution >= 0.6 is 23.1 Å². The lowest BCUT2D eigenvalue weighted by Gasteiger charge is -2.23. The normalized spacial score (nSPS) is 15.4. The largest absolute Gasteiger partial charge is 0.481 e. The lowest BCUT2D eigenvalue weighted by Crippen LogP contribution is -2.22. The molecule has 1 N–H and O–H groups in total. The first-order valence-corrected chi connectivity index (χ1v) is 6.15. The number of hydrogen-bond acceptors (Lipinski definition) is 4. The second kappa shape index (κ2) is 3.82. The molecule has 1 aliphatic rings. The van der Waals surface area contributed by atoms with Crippen molar-refractivity contribution in [3.8, 4) is 0 Å². The molecule has 0 saturated carbocycles. The van der Waals surface area contributed by atoms with Gasteiger partial charge in [0, 0.05) is 29.1 Å². The Balaban J connectivity index is 2.26. The average molecular weight is 229 g/mol. The van der Waals surface area contributed by atoms with Crippen molar-refractivity contribution < 1.29 is 9.90 Å². The van der Waals surface area contributed by atoms with Crippen LogP contribution in [0.15, 0.2) is 11.0 Å². The van der Waals surface area contributed by atoms with Crippen LogP contribution in [-0.2, 0) is 11.2 Å². The van der Waals surface area contributed by atoms with Crippen LogP contribution < -0.4 is 4.90 Å². The topological polar surface area (TPSA) is 40.5 Å². The van der Waals surface area contributed by atoms with Gasteiger partial charge in [0.15, 0.2) is 0 Å². The van der Waals surface area contributed by atoms with E-state index in [2.05, 4.69) is 11.9 Å². The summed E-state index contributed by atoms with van der Waals surface area (Å²) in [6, 6.07) is 2.01. The molecular weight excluding hydrogens is 218 g/mol. The van der Waals surface area contributed by atoms with E-state index in [1.807, 2.05) is 17.8 Å². The van der Waals surface area contributed by atoms with Gasteiger partial charge >= 0.3 is 5.97 Å². The van der Waals surface area contributed by atoms with Gasteiger partial charge in [0.05, 0.1) is 6.42 Å². The number of nitrogens with zero attached hydrogens (tertiary/aromatic N) is 1. The van der Waals surface area contributed by atoms with Crippen LogP contribution in [0.25, 0.3) is 0 Å². The summed E-state index contributed by atoms with van der Waals surface area (Å²) in [4.78, 5) is 14.9. The first-order chi connectivity index (χ1) is 6.66. The summed E-state index contributed by atoms with van der Waals surface area (Å²) < 4.78 is 0. The van der Waals surface area contributed by atoms with Crippen molar-refractivity contribution in [2.75, 3.05) is 24.2 Å². The smallest absolute Gasteiger partial charge is 0.308 e. The Hall–Kier alpha value is -0.680. The van der Waals surface area contributed by atoms with E-state index in [-0.39, 0.29) is 6.42 Å². The summed E-state index contributed by atoms with van der Waals surface area (Å²) >= 11 is 3.41. The van der Waals surface area contributed by atoms with E-state index in [1.54, 1.807) is 11.3 Å². The molecule has 1 aromatic rings. The SMILES string of the molecule is CN1CCSc2cc(CC(=O)O)sc21. The van der Waals surface area contributed by atoms with E-state index < -0.39 is 5.97 Å². The fourth-order valence-electron chi connectivity index (χ4n) is 1.41. The Morgan fingerprint density at radius 2 is 2.50 bits per heavy atom. The number of aliphatic carboxylic acids is 1. The van der Waals surface area contributed by atoms with E-state index in [4.69, 9.17) is 5.11 Å². The molecule has 14 heavy (non-hydrogen) atoms. The van der Waals surface area contributed by atoms with Crippen LogP contribution in [0.1, 0.15) is 4.88 Å². The number of carbonyl (C=O) groups is 1. The maximum atomic E-state index is 10.5. The van der Waals surface area contributed by atoms with Crippen molar-refractivity contribution in [2.24, 2.45) is 0 Å². The third-order valence-corrected chi connectivity index (χ3v) is 4.47. The number of fused-ring (bicyclic) bond motifs is 1. The maximum Gasteiger partial charge on any atom is 0.308 e. The Morgan fingerprint density at radius 3 is 3.14 bits per heavy atom. The highest BCUT2D eigenvalue weighted by Crippen LogP contribution is 2.41. The Morgan fingerprint density at radius 1 is 1.71 bits per heavy atom. The van der Waals surface area contributed by atoms with Crippen molar-refractivity contribution in [3.63, 3.8) is 0 Å². The maximum absolute atomic E-state index is 10.5. The lowest BCUT2D eigenvalue weighted by molar-refractivity contribution is -0.136. The molecule has 0 unspecified atom stereocenters. The number of carboxylic acid groups (broad SMARTS) is 1. The minimum absolute atomic E-state index is 0.145. The van der Waals surface area contributed by atoms with Gasteiger partial charge in [0.1, 0.15) is 5.00 Å². The van der Waals surface area contributed by atoms with Gasteiger partial charge in [-0.1, -0.05) is 0 Å². The highest BCUT2D eigenvalue weighted by Gasteiger charge is 2.18. The molecule has 1 aliphatic heterocycles. The third kappa shape index (κ3) is 1.88. The van der Waals surface area contributed by atoms with Gasteiger partial charge in [0.2, 0.25) is 0 Å². The highest BCUT2D eigenvalue weighted by molar-refractivity contribution is 7.99. The summed E-state index contributed by atoms with van der Waals surface area (Å²) in [5, 5.41) is 9.90. The Bertz CT molecular complexity index is 362. The fourth-order valence-corrected chi connectivity index (χ4v) is 3.91. The highest BCUT2D eigenvalue weighted by atomic mass is 32.2. The summed E-state index contributed by atoms with van der Waals surface area (Å²) in [7, 11) is 2.06. The van der Waals surface area contributed by atoms with Crippen LogP contribution in [0.4, 0.5) is 5.00 Å². The lowest BCUT2D eigenvalue weighted by atomic mass is 10.3. The number of hydrogen-bond donors (Lipinski definition) is 1. The molecule has 0 saturated heterocycles. The van der Waals surface area contributed by atoms with Crippen LogP contribution in [0.5, 0.6) is 0 Å². The van der Waals surface area contributed by atoms with Crippen molar-refractivity contribution in [1.29, 1.82) is 0 Å². The molecule has 0 atom stereocenters. The molecule has 0 amide bonds. The van der Waals surface area contributed by atoms with Crippen molar-refractivity contribution >= 4 is 34.1 Å². The molecule has 0 aliphatic carbocycles. The van der Waals surface area contributed by atoms with Crippen LogP contribution in [-0.4, -0.2) is 30.4 Å². The van der Waals surface area contributed by atoms with Crippen molar-refractivity contribution in [3.05, 3.63) is 10.9 Å². The van der Waals surface area contributed by atoms with E-state index in [0.717, 1.165) is 17.2 Å². The van der Waals surface area contributed by atoms with Crippen LogP contribution in [0.3, 0.4) is 0 Å². The van der Waals surface area contributed by atoms with Gasteiger partial charge in [-0.2, -0.15) is 0 Å². The summed E-state index contributed by atoms with van der Waals surface area (Å²) in [6.07, 6.45) is 0.145. The minimum Gasteiger partial charge on any atom is -0.481 e. The molecule has 0 fully saturated rings. The summed E-state index contributed by atoms with van der Waals surface area (Å²) in [5.41, 5.74) is 0. The van der Waals surface area contributed by atoms with E-state index in [0.29, 0.717) is 0 Å². The summed E-state index contributed by atoms with van der Waals surface area (Å²) in [5.74, 6) is 0.337. The van der Waals surface area contributed by atoms with Gasteiger partial charge < -0.3 is 10.0 Å². The molecule has 1 aromatic heterocycles. The molecule has 76 valence electrons. The van der Waals surface area contributed by atoms with E-state index >= 15 is 0 Å². The molecule has 0 aromatic carbocycles. The van der Waals surface area contributed by atoms with Gasteiger partial charge in [0.25, 0.3) is 0 Å². The van der Waals surface area contributed by atoms with Gasteiger partial charge in [-0.15, -0.1) is 23.1 Å². The Labute approximate surface area is 90.7 Å². The molecular formula is C9H11NO2S2. The van der Waals surface area contributed by atoms with E-state index in [1.165, 1.54) is 9.90 Å². The number of anilines is 1. The quantitative estimate of drug-likeness (QED) is 0.841. The second-order valence-electron chi connectivity index (χ2n) is 3.22. The number of carboxylic acids is 1. The summed E-state index contributed by atoms with van der Waals surface area (Å²) in [6.45, 7) is 1.05. The predicted molar refractivity (Wildman–Crippen MR) is 59.7 cm³/mol. The molecule has 2 heterocycles. The Kier molecular flexibility index (Phi) is 2.69. The molecule has 3 nitrogen and oxygen atoms in total. The minimum atomic E-state index is -0.753. The molecule has 0 spiro atoms. The van der Waals surface area contributed by atoms with Crippen molar-refractivity contribution in [2.45, 2.75) is 11.3 Å². The monoisotopic (exact) mass is 229 g/mol. The van der Waals surface area contributed by atoms with Crippen LogP contribution in [0.2, 0.25) is 0 Å². The number of thiophene rings is 1. The zero-order valence-corrected chi connectivity index (χ0v) is 9.45. The van der Waals surface area contributed by atoms with Crippen molar-refractivity contribution in [1.82, 2.24) is 0 Å². The van der Waals surface area contributed by atoms with Crippen LogP contribution in [0, 0.1) is 0 Å². The first-order valence-electron chi connectivity index (χ1n) is 4.35. The standard InChI is InChI=1S/C9H11NO2S2/c1-10-2-3-13-7-4-6(5-8(11)12)14-9(7)10/h4H,2-3,5H2,1H3,(H,11,12). The molecule has 5 heteroatoms. The fraction of sp³-hybridized carbons (Fsp3) is 0.444. The zero-order valence-electron chi connectivity index (χ0n) is 7.82. The predicted octanol–water partition coefficient (Wildman–Crippen LogP) is 1.92. The number of thioether (sulfide) groups is 1. The van der Waals surface area contributed by atoms with Gasteiger partial charge in [-0.25, -0.2) is 0 Å². The van der Waals surface area contributed by atoms with Gasteiger partial charge in [-0.05, 0) is 6.07 Å². The van der Waals surface area contributed by atoms with Gasteiger partial charge in [-0.3, -0.25) is 4.79 Å². The average Bonchev–Trinajstić information content (AvgIpc) is 2.47. The first kappa shape index (κ1) is 9.86. The third-order valence-electron chi connectivity index (χ3n) is 2.09.